The maximum Gasteiger partial charge on any atom is 0.330 e. The number of benzene rings is 2. The van der Waals surface area contributed by atoms with E-state index in [1.54, 1.807) is 6.92 Å². The highest BCUT2D eigenvalue weighted by Gasteiger charge is 2.62. The third-order valence-electron chi connectivity index (χ3n) is 6.81. The number of aryl methyl sites for hydroxylation is 1. The largest absolute Gasteiger partial charge is 0.386 e. The second-order valence-corrected chi connectivity index (χ2v) is 9.28. The van der Waals surface area contributed by atoms with Crippen LogP contribution >= 0.6 is 0 Å². The standard InChI is InChI=1S/C27H30N2O7/c1-18-14-29(26(32)28-24(18)31)25-22(30)23(35-16-20-10-6-3-7-11-20)27(36-25)17-33-13-12-21(27)34-15-19-8-4-2-5-9-19/h2-11,14,21-23,25,30H,12-13,15-17H2,1H3,(H,28,31,32)/t21-,22+,23?,25-,27-/m1/s1. The SMILES string of the molecule is Cc1cn([C@@H]2O[C@@]3(COCC[C@H]3OCc3ccccc3)C(OCc3ccccc3)[C@@H]2O)c(=O)[nH]c1=O. The molecule has 1 unspecified atom stereocenters. The third kappa shape index (κ3) is 4.80. The number of aliphatic hydroxyl groups excluding tert-OH is 1. The van der Waals surface area contributed by atoms with Gasteiger partial charge in [0, 0.05) is 18.4 Å². The summed E-state index contributed by atoms with van der Waals surface area (Å²) in [6, 6.07) is 19.4. The molecule has 5 atom stereocenters. The first kappa shape index (κ1) is 24.6. The predicted molar refractivity (Wildman–Crippen MR) is 130 cm³/mol. The molecule has 2 fully saturated rings. The molecule has 0 amide bonds. The average Bonchev–Trinajstić information content (AvgIpc) is 3.16. The van der Waals surface area contributed by atoms with E-state index in [4.69, 9.17) is 18.9 Å². The van der Waals surface area contributed by atoms with Crippen molar-refractivity contribution in [3.63, 3.8) is 0 Å². The summed E-state index contributed by atoms with van der Waals surface area (Å²) in [6.07, 6.45) is -1.72. The summed E-state index contributed by atoms with van der Waals surface area (Å²) in [4.78, 5) is 26.9. The lowest BCUT2D eigenvalue weighted by Crippen LogP contribution is -2.60. The normalized spacial score (nSPS) is 27.9. The summed E-state index contributed by atoms with van der Waals surface area (Å²) in [5.74, 6) is 0. The van der Waals surface area contributed by atoms with Crippen molar-refractivity contribution in [2.24, 2.45) is 0 Å². The Labute approximate surface area is 208 Å². The highest BCUT2D eigenvalue weighted by molar-refractivity contribution is 5.16. The van der Waals surface area contributed by atoms with E-state index in [1.807, 2.05) is 60.7 Å². The Morgan fingerprint density at radius 2 is 1.67 bits per heavy atom. The first-order chi connectivity index (χ1) is 17.5. The van der Waals surface area contributed by atoms with Gasteiger partial charge in [0.15, 0.2) is 6.23 Å². The zero-order valence-corrected chi connectivity index (χ0v) is 20.0. The number of nitrogens with one attached hydrogen (secondary N) is 1. The molecule has 0 aliphatic carbocycles. The average molecular weight is 495 g/mol. The van der Waals surface area contributed by atoms with E-state index < -0.39 is 41.4 Å². The maximum atomic E-state index is 12.7. The van der Waals surface area contributed by atoms with Gasteiger partial charge in [0.05, 0.1) is 25.9 Å². The fourth-order valence-corrected chi connectivity index (χ4v) is 4.93. The molecule has 2 N–H and O–H groups in total. The van der Waals surface area contributed by atoms with Gasteiger partial charge in [0.25, 0.3) is 5.56 Å². The van der Waals surface area contributed by atoms with Crippen molar-refractivity contribution in [2.45, 2.75) is 56.7 Å². The molecule has 36 heavy (non-hydrogen) atoms. The molecule has 190 valence electrons. The quantitative estimate of drug-likeness (QED) is 0.517. The van der Waals surface area contributed by atoms with E-state index in [1.165, 1.54) is 10.8 Å². The Morgan fingerprint density at radius 1 is 1.03 bits per heavy atom. The Morgan fingerprint density at radius 3 is 2.33 bits per heavy atom. The van der Waals surface area contributed by atoms with Gasteiger partial charge in [-0.3, -0.25) is 14.3 Å². The van der Waals surface area contributed by atoms with Crippen molar-refractivity contribution >= 4 is 0 Å². The maximum absolute atomic E-state index is 12.7. The number of aromatic nitrogens is 2. The number of H-pyrrole nitrogens is 1. The van der Waals surface area contributed by atoms with Gasteiger partial charge >= 0.3 is 5.69 Å². The van der Waals surface area contributed by atoms with Crippen molar-refractivity contribution in [3.8, 4) is 0 Å². The van der Waals surface area contributed by atoms with Crippen LogP contribution in [-0.2, 0) is 32.2 Å². The zero-order valence-electron chi connectivity index (χ0n) is 20.0. The molecule has 2 aliphatic heterocycles. The minimum atomic E-state index is -1.22. The number of rotatable bonds is 7. The molecule has 1 spiro atoms. The molecule has 2 saturated heterocycles. The number of ether oxygens (including phenoxy) is 4. The lowest BCUT2D eigenvalue weighted by Gasteiger charge is -2.43. The number of hydrogen-bond acceptors (Lipinski definition) is 7. The molecule has 3 heterocycles. The van der Waals surface area contributed by atoms with Crippen molar-refractivity contribution in [1.29, 1.82) is 0 Å². The molecule has 1 aromatic heterocycles. The molecule has 2 aromatic carbocycles. The van der Waals surface area contributed by atoms with Crippen LogP contribution in [0.5, 0.6) is 0 Å². The van der Waals surface area contributed by atoms with E-state index in [2.05, 4.69) is 4.98 Å². The summed E-state index contributed by atoms with van der Waals surface area (Å²) < 4.78 is 26.2. The summed E-state index contributed by atoms with van der Waals surface area (Å²) in [5.41, 5.74) is -0.0744. The van der Waals surface area contributed by atoms with Crippen molar-refractivity contribution < 1.29 is 24.1 Å². The second-order valence-electron chi connectivity index (χ2n) is 9.28. The van der Waals surface area contributed by atoms with E-state index in [-0.39, 0.29) is 13.2 Å². The van der Waals surface area contributed by atoms with Gasteiger partial charge in [-0.25, -0.2) is 4.79 Å². The molecule has 9 heteroatoms. The molecule has 0 bridgehead atoms. The van der Waals surface area contributed by atoms with Gasteiger partial charge in [-0.2, -0.15) is 0 Å². The fraction of sp³-hybridized carbons (Fsp3) is 0.407. The second kappa shape index (κ2) is 10.5. The van der Waals surface area contributed by atoms with Crippen LogP contribution in [-0.4, -0.2) is 51.8 Å². The van der Waals surface area contributed by atoms with Gasteiger partial charge in [-0.05, 0) is 24.5 Å². The molecule has 9 nitrogen and oxygen atoms in total. The van der Waals surface area contributed by atoms with Gasteiger partial charge in [0.2, 0.25) is 0 Å². The van der Waals surface area contributed by atoms with Crippen LogP contribution in [0.1, 0.15) is 29.3 Å². The van der Waals surface area contributed by atoms with Crippen molar-refractivity contribution in [1.82, 2.24) is 9.55 Å². The van der Waals surface area contributed by atoms with Crippen LogP contribution in [0.25, 0.3) is 0 Å². The van der Waals surface area contributed by atoms with Crippen LogP contribution in [0.2, 0.25) is 0 Å². The van der Waals surface area contributed by atoms with Crippen LogP contribution < -0.4 is 11.2 Å². The number of nitrogens with zero attached hydrogens (tertiary/aromatic N) is 1. The van der Waals surface area contributed by atoms with Gasteiger partial charge < -0.3 is 24.1 Å². The van der Waals surface area contributed by atoms with Gasteiger partial charge in [-0.15, -0.1) is 0 Å². The van der Waals surface area contributed by atoms with Crippen LogP contribution in [0.15, 0.2) is 76.4 Å². The Kier molecular flexibility index (Phi) is 7.17. The highest BCUT2D eigenvalue weighted by Crippen LogP contribution is 2.45. The molecular weight excluding hydrogens is 464 g/mol. The van der Waals surface area contributed by atoms with Crippen LogP contribution in [0.3, 0.4) is 0 Å². The first-order valence-electron chi connectivity index (χ1n) is 12.0. The minimum absolute atomic E-state index is 0.122. The van der Waals surface area contributed by atoms with Crippen molar-refractivity contribution in [3.05, 3.63) is 104 Å². The molecule has 0 radical (unpaired) electrons. The van der Waals surface area contributed by atoms with Crippen molar-refractivity contribution in [2.75, 3.05) is 13.2 Å². The van der Waals surface area contributed by atoms with E-state index in [0.29, 0.717) is 25.2 Å². The van der Waals surface area contributed by atoms with Crippen LogP contribution in [0, 0.1) is 6.92 Å². The third-order valence-corrected chi connectivity index (χ3v) is 6.81. The first-order valence-corrected chi connectivity index (χ1v) is 12.0. The molecule has 3 aromatic rings. The number of aliphatic hydroxyl groups is 1. The molecule has 2 aliphatic rings. The Bertz CT molecular complexity index is 1280. The Hall–Kier alpha value is -3.08. The van der Waals surface area contributed by atoms with E-state index in [9.17, 15) is 14.7 Å². The number of hydrogen-bond donors (Lipinski definition) is 2. The summed E-state index contributed by atoms with van der Waals surface area (Å²) in [6.45, 7) is 2.75. The van der Waals surface area contributed by atoms with E-state index >= 15 is 0 Å². The predicted octanol–water partition coefficient (Wildman–Crippen LogP) is 2.06. The molecule has 0 saturated carbocycles. The lowest BCUT2D eigenvalue weighted by atomic mass is 9.86. The molecule has 5 rings (SSSR count). The smallest absolute Gasteiger partial charge is 0.330 e. The fourth-order valence-electron chi connectivity index (χ4n) is 4.93. The minimum Gasteiger partial charge on any atom is -0.386 e. The summed E-state index contributed by atoms with van der Waals surface area (Å²) in [5, 5.41) is 11.5. The monoisotopic (exact) mass is 494 g/mol. The topological polar surface area (TPSA) is 112 Å². The van der Waals surface area contributed by atoms with Gasteiger partial charge in [0.1, 0.15) is 17.8 Å². The Balaban J connectivity index is 1.48. The summed E-state index contributed by atoms with van der Waals surface area (Å²) in [7, 11) is 0. The highest BCUT2D eigenvalue weighted by atomic mass is 16.6. The summed E-state index contributed by atoms with van der Waals surface area (Å²) >= 11 is 0. The lowest BCUT2D eigenvalue weighted by molar-refractivity contribution is -0.240. The molecular formula is C27H30N2O7. The van der Waals surface area contributed by atoms with E-state index in [0.717, 1.165) is 11.1 Å². The van der Waals surface area contributed by atoms with Gasteiger partial charge in [-0.1, -0.05) is 60.7 Å². The zero-order chi connectivity index (χ0) is 25.1. The number of aromatic amines is 1. The van der Waals surface area contributed by atoms with Crippen LogP contribution in [0.4, 0.5) is 0 Å².